The Balaban J connectivity index is 1.66. The number of benzene rings is 2. The molecule has 5 heteroatoms. The number of amides is 1. The van der Waals surface area contributed by atoms with E-state index in [-0.39, 0.29) is 12.5 Å². The molecule has 0 atom stereocenters. The highest BCUT2D eigenvalue weighted by molar-refractivity contribution is 5.98. The molecule has 1 heterocycles. The molecule has 26 heavy (non-hydrogen) atoms. The highest BCUT2D eigenvalue weighted by Crippen LogP contribution is 2.27. The van der Waals surface area contributed by atoms with Crippen LogP contribution in [-0.2, 0) is 17.8 Å². The average Bonchev–Trinajstić information content (AvgIpc) is 3.10. The molecule has 3 rings (SSSR count). The molecule has 0 saturated carbocycles. The molecular formula is C21H26N4O. The number of carbonyl (C=O) groups excluding carboxylic acids is 1. The first-order valence-corrected chi connectivity index (χ1v) is 9.10. The van der Waals surface area contributed by atoms with Crippen molar-refractivity contribution in [3.63, 3.8) is 0 Å². The summed E-state index contributed by atoms with van der Waals surface area (Å²) in [4.78, 5) is 21.1. The summed E-state index contributed by atoms with van der Waals surface area (Å²) in [6, 6.07) is 18.3. The molecular weight excluding hydrogens is 324 g/mol. The average molecular weight is 350 g/mol. The maximum atomic E-state index is 12.7. The number of para-hydroxylation sites is 1. The van der Waals surface area contributed by atoms with Crippen LogP contribution in [0.2, 0.25) is 0 Å². The van der Waals surface area contributed by atoms with Crippen LogP contribution in [0.1, 0.15) is 18.1 Å². The summed E-state index contributed by atoms with van der Waals surface area (Å²) in [5, 5.41) is 3.27. The lowest BCUT2D eigenvalue weighted by Gasteiger charge is -2.23. The van der Waals surface area contributed by atoms with Crippen LogP contribution >= 0.6 is 0 Å². The fraction of sp³-hybridized carbons (Fsp3) is 0.333. The molecule has 2 aromatic carbocycles. The van der Waals surface area contributed by atoms with Crippen molar-refractivity contribution >= 4 is 17.6 Å². The summed E-state index contributed by atoms with van der Waals surface area (Å²) in [6.45, 7) is 4.43. The van der Waals surface area contributed by atoms with E-state index >= 15 is 0 Å². The Morgan fingerprint density at radius 2 is 1.88 bits per heavy atom. The van der Waals surface area contributed by atoms with Crippen molar-refractivity contribution in [3.05, 3.63) is 65.7 Å². The summed E-state index contributed by atoms with van der Waals surface area (Å²) in [6.07, 6.45) is 0.916. The van der Waals surface area contributed by atoms with Gasteiger partial charge in [0.25, 0.3) is 0 Å². The lowest BCUT2D eigenvalue weighted by atomic mass is 10.2. The number of guanidine groups is 1. The van der Waals surface area contributed by atoms with Crippen molar-refractivity contribution in [1.29, 1.82) is 0 Å². The number of fused-ring (bicyclic) bond motifs is 1. The SMILES string of the molecule is CCNC(=NCC(=O)N1CCc2ccccc21)N(C)Cc1ccccc1. The minimum absolute atomic E-state index is 0.0402. The third kappa shape index (κ3) is 4.23. The minimum Gasteiger partial charge on any atom is -0.357 e. The van der Waals surface area contributed by atoms with Gasteiger partial charge in [-0.1, -0.05) is 48.5 Å². The first kappa shape index (κ1) is 18.0. The lowest BCUT2D eigenvalue weighted by molar-refractivity contribution is -0.117. The second kappa shape index (κ2) is 8.52. The van der Waals surface area contributed by atoms with Crippen LogP contribution in [0.15, 0.2) is 59.6 Å². The molecule has 0 fully saturated rings. The zero-order valence-corrected chi connectivity index (χ0v) is 15.5. The van der Waals surface area contributed by atoms with E-state index in [0.717, 1.165) is 37.7 Å². The number of hydrogen-bond acceptors (Lipinski definition) is 2. The molecule has 0 unspecified atom stereocenters. The number of anilines is 1. The van der Waals surface area contributed by atoms with Gasteiger partial charge >= 0.3 is 0 Å². The zero-order chi connectivity index (χ0) is 18.4. The van der Waals surface area contributed by atoms with Crippen molar-refractivity contribution in [3.8, 4) is 0 Å². The van der Waals surface area contributed by atoms with Crippen LogP contribution in [0.5, 0.6) is 0 Å². The minimum atomic E-state index is 0.0402. The van der Waals surface area contributed by atoms with Gasteiger partial charge in [-0.15, -0.1) is 0 Å². The molecule has 0 aliphatic carbocycles. The number of aliphatic imine (C=N–C) groups is 1. The molecule has 0 radical (unpaired) electrons. The van der Waals surface area contributed by atoms with E-state index in [1.807, 2.05) is 60.2 Å². The standard InChI is InChI=1S/C21H26N4O/c1-3-22-21(24(2)16-17-9-5-4-6-10-17)23-15-20(26)25-14-13-18-11-7-8-12-19(18)25/h4-12H,3,13-16H2,1-2H3,(H,22,23). The maximum Gasteiger partial charge on any atom is 0.248 e. The first-order chi connectivity index (χ1) is 12.7. The van der Waals surface area contributed by atoms with Gasteiger partial charge in [0.15, 0.2) is 5.96 Å². The topological polar surface area (TPSA) is 47.9 Å². The van der Waals surface area contributed by atoms with E-state index in [4.69, 9.17) is 0 Å². The summed E-state index contributed by atoms with van der Waals surface area (Å²) >= 11 is 0. The molecule has 1 aliphatic heterocycles. The van der Waals surface area contributed by atoms with Crippen LogP contribution in [0.25, 0.3) is 0 Å². The van der Waals surface area contributed by atoms with Gasteiger partial charge in [0.2, 0.25) is 5.91 Å². The van der Waals surface area contributed by atoms with E-state index < -0.39 is 0 Å². The number of carbonyl (C=O) groups is 1. The molecule has 1 aliphatic rings. The Bertz CT molecular complexity index is 773. The monoisotopic (exact) mass is 350 g/mol. The number of hydrogen-bond donors (Lipinski definition) is 1. The van der Waals surface area contributed by atoms with Gasteiger partial charge in [-0.3, -0.25) is 4.79 Å². The van der Waals surface area contributed by atoms with Gasteiger partial charge in [0.05, 0.1) is 0 Å². The van der Waals surface area contributed by atoms with Crippen LogP contribution in [0.4, 0.5) is 5.69 Å². The second-order valence-corrected chi connectivity index (χ2v) is 6.44. The van der Waals surface area contributed by atoms with Crippen molar-refractivity contribution < 1.29 is 4.79 Å². The zero-order valence-electron chi connectivity index (χ0n) is 15.5. The van der Waals surface area contributed by atoms with Crippen molar-refractivity contribution in [2.24, 2.45) is 4.99 Å². The first-order valence-electron chi connectivity index (χ1n) is 9.10. The molecule has 0 saturated heterocycles. The predicted molar refractivity (Wildman–Crippen MR) is 106 cm³/mol. The van der Waals surface area contributed by atoms with Gasteiger partial charge in [0, 0.05) is 32.4 Å². The van der Waals surface area contributed by atoms with Crippen LogP contribution in [0, 0.1) is 0 Å². The van der Waals surface area contributed by atoms with Gasteiger partial charge in [-0.25, -0.2) is 4.99 Å². The number of nitrogens with zero attached hydrogens (tertiary/aromatic N) is 3. The molecule has 5 nitrogen and oxygen atoms in total. The second-order valence-electron chi connectivity index (χ2n) is 6.44. The van der Waals surface area contributed by atoms with Crippen LogP contribution < -0.4 is 10.2 Å². The predicted octanol–water partition coefficient (Wildman–Crippen LogP) is 2.67. The van der Waals surface area contributed by atoms with Crippen molar-refractivity contribution in [2.75, 3.05) is 31.6 Å². The summed E-state index contributed by atoms with van der Waals surface area (Å²) in [7, 11) is 1.99. The Labute approximate surface area is 155 Å². The smallest absolute Gasteiger partial charge is 0.248 e. The lowest BCUT2D eigenvalue weighted by Crippen LogP contribution is -2.40. The highest BCUT2D eigenvalue weighted by Gasteiger charge is 2.23. The van der Waals surface area contributed by atoms with E-state index in [9.17, 15) is 4.79 Å². The fourth-order valence-electron chi connectivity index (χ4n) is 3.23. The van der Waals surface area contributed by atoms with Crippen LogP contribution in [0.3, 0.4) is 0 Å². The quantitative estimate of drug-likeness (QED) is 0.666. The fourth-order valence-corrected chi connectivity index (χ4v) is 3.23. The Hall–Kier alpha value is -2.82. The van der Waals surface area contributed by atoms with E-state index in [0.29, 0.717) is 0 Å². The van der Waals surface area contributed by atoms with Gasteiger partial charge in [-0.2, -0.15) is 0 Å². The van der Waals surface area contributed by atoms with Gasteiger partial charge < -0.3 is 15.1 Å². The van der Waals surface area contributed by atoms with Crippen molar-refractivity contribution in [2.45, 2.75) is 19.9 Å². The molecule has 1 amide bonds. The Morgan fingerprint density at radius 3 is 2.65 bits per heavy atom. The number of rotatable bonds is 5. The van der Waals surface area contributed by atoms with Gasteiger partial charge in [0.1, 0.15) is 6.54 Å². The van der Waals surface area contributed by atoms with E-state index in [2.05, 4.69) is 28.5 Å². The summed E-state index contributed by atoms with van der Waals surface area (Å²) < 4.78 is 0. The maximum absolute atomic E-state index is 12.7. The highest BCUT2D eigenvalue weighted by atomic mass is 16.2. The van der Waals surface area contributed by atoms with Gasteiger partial charge in [-0.05, 0) is 30.5 Å². The Morgan fingerprint density at radius 1 is 1.15 bits per heavy atom. The number of nitrogens with one attached hydrogen (secondary N) is 1. The molecule has 136 valence electrons. The van der Waals surface area contributed by atoms with E-state index in [1.165, 1.54) is 11.1 Å². The summed E-state index contributed by atoms with van der Waals surface area (Å²) in [5.41, 5.74) is 3.47. The van der Waals surface area contributed by atoms with E-state index in [1.54, 1.807) is 0 Å². The molecule has 1 N–H and O–H groups in total. The molecule has 0 bridgehead atoms. The third-order valence-electron chi connectivity index (χ3n) is 4.51. The normalized spacial score (nSPS) is 13.5. The Kier molecular flexibility index (Phi) is 5.89. The third-order valence-corrected chi connectivity index (χ3v) is 4.51. The molecule has 2 aromatic rings. The van der Waals surface area contributed by atoms with Crippen molar-refractivity contribution in [1.82, 2.24) is 10.2 Å². The largest absolute Gasteiger partial charge is 0.357 e. The summed E-state index contributed by atoms with van der Waals surface area (Å²) in [5.74, 6) is 0.788. The van der Waals surface area contributed by atoms with Crippen LogP contribution in [-0.4, -0.2) is 43.4 Å². The molecule has 0 spiro atoms. The molecule has 0 aromatic heterocycles.